The van der Waals surface area contributed by atoms with Crippen molar-refractivity contribution in [1.29, 1.82) is 0 Å². The number of carbonyl (C=O) groups excluding carboxylic acids is 1. The minimum atomic E-state index is -0.414. The Morgan fingerprint density at radius 1 is 1.27 bits per heavy atom. The SMILES string of the molecule is CCN(Cc1ccccc1)C1CCC(NC(=O)C(C)N)CC1. The number of amides is 1. The van der Waals surface area contributed by atoms with Gasteiger partial charge in [0.25, 0.3) is 0 Å². The summed E-state index contributed by atoms with van der Waals surface area (Å²) < 4.78 is 0. The first-order valence-corrected chi connectivity index (χ1v) is 8.44. The molecule has 122 valence electrons. The molecule has 4 heteroatoms. The van der Waals surface area contributed by atoms with E-state index >= 15 is 0 Å². The Labute approximate surface area is 134 Å². The van der Waals surface area contributed by atoms with Gasteiger partial charge in [-0.15, -0.1) is 0 Å². The van der Waals surface area contributed by atoms with E-state index in [-0.39, 0.29) is 5.91 Å². The lowest BCUT2D eigenvalue weighted by Crippen LogP contribution is -2.47. The Hall–Kier alpha value is -1.39. The second kappa shape index (κ2) is 8.30. The van der Waals surface area contributed by atoms with Crippen LogP contribution in [-0.4, -0.2) is 35.5 Å². The van der Waals surface area contributed by atoms with Crippen molar-refractivity contribution in [2.75, 3.05) is 6.54 Å². The molecule has 4 nitrogen and oxygen atoms in total. The molecule has 1 fully saturated rings. The lowest BCUT2D eigenvalue weighted by atomic mass is 9.89. The van der Waals surface area contributed by atoms with E-state index in [9.17, 15) is 4.79 Å². The van der Waals surface area contributed by atoms with Crippen LogP contribution in [0.15, 0.2) is 30.3 Å². The molecule has 0 bridgehead atoms. The molecule has 1 aliphatic rings. The van der Waals surface area contributed by atoms with Gasteiger partial charge in [0.2, 0.25) is 5.91 Å². The Morgan fingerprint density at radius 3 is 2.45 bits per heavy atom. The fraction of sp³-hybridized carbons (Fsp3) is 0.611. The molecule has 1 aromatic rings. The van der Waals surface area contributed by atoms with Crippen LogP contribution in [0.3, 0.4) is 0 Å². The summed E-state index contributed by atoms with van der Waals surface area (Å²) in [6.07, 6.45) is 4.39. The number of hydrogen-bond acceptors (Lipinski definition) is 3. The van der Waals surface area contributed by atoms with Gasteiger partial charge in [-0.2, -0.15) is 0 Å². The van der Waals surface area contributed by atoms with E-state index in [1.807, 2.05) is 0 Å². The fourth-order valence-corrected chi connectivity index (χ4v) is 3.23. The molecule has 2 rings (SSSR count). The zero-order chi connectivity index (χ0) is 15.9. The quantitative estimate of drug-likeness (QED) is 0.847. The van der Waals surface area contributed by atoms with Crippen molar-refractivity contribution in [2.24, 2.45) is 5.73 Å². The Morgan fingerprint density at radius 2 is 1.91 bits per heavy atom. The molecule has 1 amide bonds. The van der Waals surface area contributed by atoms with Gasteiger partial charge < -0.3 is 11.1 Å². The van der Waals surface area contributed by atoms with E-state index in [0.717, 1.165) is 38.8 Å². The third-order valence-electron chi connectivity index (χ3n) is 4.61. The average molecular weight is 303 g/mol. The summed E-state index contributed by atoms with van der Waals surface area (Å²) in [5, 5.41) is 3.06. The third kappa shape index (κ3) is 4.82. The summed E-state index contributed by atoms with van der Waals surface area (Å²) in [4.78, 5) is 14.2. The number of nitrogens with one attached hydrogen (secondary N) is 1. The van der Waals surface area contributed by atoms with Crippen molar-refractivity contribution in [3.8, 4) is 0 Å². The normalized spacial score (nSPS) is 23.3. The zero-order valence-electron chi connectivity index (χ0n) is 13.8. The Kier molecular flexibility index (Phi) is 6.40. The smallest absolute Gasteiger partial charge is 0.236 e. The average Bonchev–Trinajstić information content (AvgIpc) is 2.54. The summed E-state index contributed by atoms with van der Waals surface area (Å²) in [5.74, 6) is -0.0277. The number of benzene rings is 1. The predicted molar refractivity (Wildman–Crippen MR) is 90.4 cm³/mol. The summed E-state index contributed by atoms with van der Waals surface area (Å²) in [6, 6.07) is 11.1. The third-order valence-corrected chi connectivity index (χ3v) is 4.61. The summed E-state index contributed by atoms with van der Waals surface area (Å²) in [6.45, 7) is 6.04. The molecular weight excluding hydrogens is 274 g/mol. The highest BCUT2D eigenvalue weighted by molar-refractivity contribution is 5.81. The molecule has 1 unspecified atom stereocenters. The Balaban J connectivity index is 1.83. The van der Waals surface area contributed by atoms with Crippen LogP contribution in [0.1, 0.15) is 45.1 Å². The van der Waals surface area contributed by atoms with Crippen LogP contribution in [0.2, 0.25) is 0 Å². The van der Waals surface area contributed by atoms with Crippen LogP contribution in [-0.2, 0) is 11.3 Å². The number of nitrogens with zero attached hydrogens (tertiary/aromatic N) is 1. The molecule has 1 saturated carbocycles. The van der Waals surface area contributed by atoms with Gasteiger partial charge in [0.15, 0.2) is 0 Å². The first-order valence-electron chi connectivity index (χ1n) is 8.44. The lowest BCUT2D eigenvalue weighted by molar-refractivity contribution is -0.123. The van der Waals surface area contributed by atoms with Gasteiger partial charge in [0.05, 0.1) is 6.04 Å². The second-order valence-electron chi connectivity index (χ2n) is 6.35. The number of rotatable bonds is 6. The van der Waals surface area contributed by atoms with Gasteiger partial charge in [-0.1, -0.05) is 37.3 Å². The number of nitrogens with two attached hydrogens (primary N) is 1. The molecule has 0 radical (unpaired) electrons. The summed E-state index contributed by atoms with van der Waals surface area (Å²) >= 11 is 0. The van der Waals surface area contributed by atoms with Gasteiger partial charge in [0, 0.05) is 18.6 Å². The highest BCUT2D eigenvalue weighted by atomic mass is 16.2. The van der Waals surface area contributed by atoms with Gasteiger partial charge in [-0.3, -0.25) is 9.69 Å². The first-order chi connectivity index (χ1) is 10.6. The highest BCUT2D eigenvalue weighted by Crippen LogP contribution is 2.24. The maximum absolute atomic E-state index is 11.7. The van der Waals surface area contributed by atoms with Gasteiger partial charge in [0.1, 0.15) is 0 Å². The van der Waals surface area contributed by atoms with E-state index in [1.165, 1.54) is 5.56 Å². The van der Waals surface area contributed by atoms with Crippen molar-refractivity contribution in [3.05, 3.63) is 35.9 Å². The molecule has 1 atom stereocenters. The van der Waals surface area contributed by atoms with Crippen LogP contribution < -0.4 is 11.1 Å². The van der Waals surface area contributed by atoms with Crippen LogP contribution in [0, 0.1) is 0 Å². The fourth-order valence-electron chi connectivity index (χ4n) is 3.23. The van der Waals surface area contributed by atoms with Gasteiger partial charge in [-0.25, -0.2) is 0 Å². The molecule has 0 saturated heterocycles. The summed E-state index contributed by atoms with van der Waals surface area (Å²) in [7, 11) is 0. The molecule has 0 aliphatic heterocycles. The monoisotopic (exact) mass is 303 g/mol. The molecule has 22 heavy (non-hydrogen) atoms. The van der Waals surface area contributed by atoms with Crippen LogP contribution in [0.25, 0.3) is 0 Å². The van der Waals surface area contributed by atoms with Crippen LogP contribution in [0.4, 0.5) is 0 Å². The van der Waals surface area contributed by atoms with Crippen LogP contribution >= 0.6 is 0 Å². The van der Waals surface area contributed by atoms with Crippen molar-refractivity contribution in [2.45, 2.75) is 64.2 Å². The maximum Gasteiger partial charge on any atom is 0.236 e. The molecule has 1 aliphatic carbocycles. The van der Waals surface area contributed by atoms with E-state index in [0.29, 0.717) is 12.1 Å². The van der Waals surface area contributed by atoms with E-state index in [2.05, 4.69) is 47.5 Å². The highest BCUT2D eigenvalue weighted by Gasteiger charge is 2.26. The predicted octanol–water partition coefficient (Wildman–Crippen LogP) is 2.28. The van der Waals surface area contributed by atoms with Crippen LogP contribution in [0.5, 0.6) is 0 Å². The summed E-state index contributed by atoms with van der Waals surface area (Å²) in [5.41, 5.74) is 6.99. The van der Waals surface area contributed by atoms with Gasteiger partial charge >= 0.3 is 0 Å². The maximum atomic E-state index is 11.7. The zero-order valence-corrected chi connectivity index (χ0v) is 13.8. The van der Waals surface area contributed by atoms with Crippen molar-refractivity contribution >= 4 is 5.91 Å². The van der Waals surface area contributed by atoms with Crippen molar-refractivity contribution < 1.29 is 4.79 Å². The van der Waals surface area contributed by atoms with Crippen molar-refractivity contribution in [3.63, 3.8) is 0 Å². The second-order valence-corrected chi connectivity index (χ2v) is 6.35. The molecule has 3 N–H and O–H groups in total. The lowest BCUT2D eigenvalue weighted by Gasteiger charge is -2.36. The van der Waals surface area contributed by atoms with Gasteiger partial charge in [-0.05, 0) is 44.7 Å². The standard InChI is InChI=1S/C18H29N3O/c1-3-21(13-15-7-5-4-6-8-15)17-11-9-16(10-12-17)20-18(22)14(2)19/h4-8,14,16-17H,3,9-13,19H2,1-2H3,(H,20,22). The topological polar surface area (TPSA) is 58.4 Å². The number of hydrogen-bond donors (Lipinski definition) is 2. The molecular formula is C18H29N3O. The largest absolute Gasteiger partial charge is 0.352 e. The number of carbonyl (C=O) groups is 1. The van der Waals surface area contributed by atoms with E-state index in [1.54, 1.807) is 6.92 Å². The van der Waals surface area contributed by atoms with E-state index < -0.39 is 6.04 Å². The van der Waals surface area contributed by atoms with Crippen molar-refractivity contribution in [1.82, 2.24) is 10.2 Å². The minimum Gasteiger partial charge on any atom is -0.352 e. The molecule has 0 spiro atoms. The molecule has 0 heterocycles. The van der Waals surface area contributed by atoms with E-state index in [4.69, 9.17) is 5.73 Å². The first kappa shape index (κ1) is 17.0. The molecule has 0 aromatic heterocycles. The molecule has 1 aromatic carbocycles. The minimum absolute atomic E-state index is 0.0277. The Bertz CT molecular complexity index is 453.